The van der Waals surface area contributed by atoms with Crippen molar-refractivity contribution in [3.63, 3.8) is 0 Å². The number of amides is 3. The van der Waals surface area contributed by atoms with Gasteiger partial charge in [-0.2, -0.15) is 0 Å². The van der Waals surface area contributed by atoms with Gasteiger partial charge in [0.25, 0.3) is 5.91 Å². The Balaban J connectivity index is 1.76. The van der Waals surface area contributed by atoms with Crippen LogP contribution in [0.25, 0.3) is 0 Å². The van der Waals surface area contributed by atoms with Crippen LogP contribution >= 0.6 is 0 Å². The Morgan fingerprint density at radius 2 is 1.88 bits per heavy atom. The first kappa shape index (κ1) is 17.4. The topological polar surface area (TPSA) is 75.7 Å². The molecule has 1 aromatic rings. The summed E-state index contributed by atoms with van der Waals surface area (Å²) in [5.74, 6) is -1.39. The molecule has 3 amide bonds. The van der Waals surface area contributed by atoms with Gasteiger partial charge in [-0.15, -0.1) is 0 Å². The number of benzene rings is 1. The lowest BCUT2D eigenvalue weighted by Crippen LogP contribution is -2.44. The minimum atomic E-state index is -1.05. The molecule has 1 aliphatic heterocycles. The van der Waals surface area contributed by atoms with Gasteiger partial charge in [0.2, 0.25) is 0 Å². The average molecular weight is 348 g/mol. The molecule has 0 aromatic heterocycles. The Morgan fingerprint density at radius 1 is 1.24 bits per heavy atom. The number of halogens is 1. The maximum Gasteiger partial charge on any atom is 0.324 e. The summed E-state index contributed by atoms with van der Waals surface area (Å²) in [4.78, 5) is 37.9. The van der Waals surface area contributed by atoms with Crippen LogP contribution in [0.3, 0.4) is 0 Å². The van der Waals surface area contributed by atoms with E-state index in [0.717, 1.165) is 17.7 Å². The molecule has 7 heteroatoms. The van der Waals surface area contributed by atoms with Crippen molar-refractivity contribution in [2.24, 2.45) is 0 Å². The van der Waals surface area contributed by atoms with Gasteiger partial charge in [0.1, 0.15) is 5.82 Å². The fourth-order valence-electron chi connectivity index (χ4n) is 3.58. The Bertz CT molecular complexity index is 683. The van der Waals surface area contributed by atoms with Crippen LogP contribution in [0, 0.1) is 5.82 Å². The molecular weight excluding hydrogens is 327 g/mol. The van der Waals surface area contributed by atoms with E-state index >= 15 is 0 Å². The number of imide groups is 1. The van der Waals surface area contributed by atoms with Gasteiger partial charge < -0.3 is 10.1 Å². The zero-order chi connectivity index (χ0) is 18.0. The molecule has 2 aliphatic rings. The molecule has 0 radical (unpaired) electrons. The first-order valence-electron chi connectivity index (χ1n) is 8.50. The Morgan fingerprint density at radius 3 is 2.44 bits per heavy atom. The third kappa shape index (κ3) is 3.23. The number of carbonyl (C=O) groups excluding carboxylic acids is 3. The third-order valence-corrected chi connectivity index (χ3v) is 5.00. The summed E-state index contributed by atoms with van der Waals surface area (Å²) in [6.45, 7) is 2.13. The van der Waals surface area contributed by atoms with Crippen LogP contribution in [0.1, 0.15) is 38.2 Å². The van der Waals surface area contributed by atoms with E-state index in [9.17, 15) is 18.8 Å². The molecule has 1 saturated heterocycles. The lowest BCUT2D eigenvalue weighted by atomic mass is 9.79. The molecule has 1 saturated carbocycles. The fraction of sp³-hybridized carbons (Fsp3) is 0.500. The van der Waals surface area contributed by atoms with Gasteiger partial charge in [-0.25, -0.2) is 9.18 Å². The zero-order valence-electron chi connectivity index (χ0n) is 14.1. The van der Waals surface area contributed by atoms with Crippen molar-refractivity contribution in [2.45, 2.75) is 44.1 Å². The maximum absolute atomic E-state index is 13.2. The van der Waals surface area contributed by atoms with E-state index in [1.165, 1.54) is 19.1 Å². The normalized spacial score (nSPS) is 20.2. The molecule has 1 aromatic carbocycles. The quantitative estimate of drug-likeness (QED) is 0.846. The molecule has 1 atom stereocenters. The first-order chi connectivity index (χ1) is 11.9. The van der Waals surface area contributed by atoms with Crippen molar-refractivity contribution in [1.29, 1.82) is 0 Å². The first-order valence-corrected chi connectivity index (χ1v) is 8.50. The van der Waals surface area contributed by atoms with Crippen LogP contribution in [0.15, 0.2) is 24.3 Å². The van der Waals surface area contributed by atoms with Gasteiger partial charge in [0.05, 0.1) is 5.41 Å². The van der Waals surface area contributed by atoms with E-state index in [0.29, 0.717) is 24.9 Å². The van der Waals surface area contributed by atoms with E-state index in [1.54, 1.807) is 12.1 Å². The molecule has 1 N–H and O–H groups in total. The highest BCUT2D eigenvalue weighted by atomic mass is 19.1. The van der Waals surface area contributed by atoms with Crippen LogP contribution in [-0.2, 0) is 19.7 Å². The van der Waals surface area contributed by atoms with Gasteiger partial charge >= 0.3 is 12.0 Å². The summed E-state index contributed by atoms with van der Waals surface area (Å²) < 4.78 is 18.7. The second-order valence-electron chi connectivity index (χ2n) is 6.57. The Hall–Kier alpha value is -2.44. The minimum absolute atomic E-state index is 0.267. The summed E-state index contributed by atoms with van der Waals surface area (Å²) >= 11 is 0. The number of hydrogen-bond donors (Lipinski definition) is 1. The predicted octanol–water partition coefficient (Wildman–Crippen LogP) is 2.12. The monoisotopic (exact) mass is 348 g/mol. The van der Waals surface area contributed by atoms with Crippen LogP contribution in [0.2, 0.25) is 0 Å². The number of esters is 1. The van der Waals surface area contributed by atoms with E-state index in [4.69, 9.17) is 4.74 Å². The van der Waals surface area contributed by atoms with Crippen molar-refractivity contribution in [3.05, 3.63) is 35.6 Å². The molecule has 6 nitrogen and oxygen atoms in total. The zero-order valence-corrected chi connectivity index (χ0v) is 14.1. The second-order valence-corrected chi connectivity index (χ2v) is 6.57. The van der Waals surface area contributed by atoms with E-state index in [1.807, 2.05) is 0 Å². The van der Waals surface area contributed by atoms with Crippen LogP contribution < -0.4 is 5.32 Å². The van der Waals surface area contributed by atoms with Gasteiger partial charge in [0.15, 0.2) is 6.10 Å². The summed E-state index contributed by atoms with van der Waals surface area (Å²) in [7, 11) is 0. The van der Waals surface area contributed by atoms with E-state index in [2.05, 4.69) is 5.32 Å². The Labute approximate surface area is 145 Å². The van der Waals surface area contributed by atoms with Crippen molar-refractivity contribution < 1.29 is 23.5 Å². The van der Waals surface area contributed by atoms with Crippen molar-refractivity contribution in [2.75, 3.05) is 13.1 Å². The highest BCUT2D eigenvalue weighted by molar-refractivity contribution is 5.98. The third-order valence-electron chi connectivity index (χ3n) is 5.00. The SMILES string of the molecule is C[C@H](OC(=O)C1(c2ccc(F)cc2)CCCC1)C(=O)N1CCNC1=O. The molecule has 1 aliphatic carbocycles. The molecule has 2 fully saturated rings. The molecule has 25 heavy (non-hydrogen) atoms. The molecule has 0 spiro atoms. The number of hydrogen-bond acceptors (Lipinski definition) is 4. The van der Waals surface area contributed by atoms with Crippen molar-refractivity contribution in [1.82, 2.24) is 10.2 Å². The number of nitrogens with zero attached hydrogens (tertiary/aromatic N) is 1. The lowest BCUT2D eigenvalue weighted by molar-refractivity contribution is -0.162. The van der Waals surface area contributed by atoms with Crippen molar-refractivity contribution >= 4 is 17.9 Å². The molecule has 1 heterocycles. The highest BCUT2D eigenvalue weighted by Gasteiger charge is 2.45. The average Bonchev–Trinajstić information content (AvgIpc) is 3.24. The summed E-state index contributed by atoms with van der Waals surface area (Å²) in [6.07, 6.45) is 1.88. The molecule has 0 unspecified atom stereocenters. The lowest BCUT2D eigenvalue weighted by Gasteiger charge is -2.29. The van der Waals surface area contributed by atoms with E-state index in [-0.39, 0.29) is 12.4 Å². The number of carbonyl (C=O) groups is 3. The fourth-order valence-corrected chi connectivity index (χ4v) is 3.58. The van der Waals surface area contributed by atoms with Crippen molar-refractivity contribution in [3.8, 4) is 0 Å². The van der Waals surface area contributed by atoms with Gasteiger partial charge in [-0.05, 0) is 37.5 Å². The second kappa shape index (κ2) is 6.82. The Kier molecular flexibility index (Phi) is 4.74. The maximum atomic E-state index is 13.2. The van der Waals surface area contributed by atoms with E-state index < -0.39 is 29.4 Å². The number of ether oxygens (including phenoxy) is 1. The molecular formula is C18H21FN2O4. The molecule has 0 bridgehead atoms. The summed E-state index contributed by atoms with van der Waals surface area (Å²) in [6, 6.07) is 5.38. The van der Waals surface area contributed by atoms with Crippen LogP contribution in [0.4, 0.5) is 9.18 Å². The van der Waals surface area contributed by atoms with Gasteiger partial charge in [-0.1, -0.05) is 25.0 Å². The summed E-state index contributed by atoms with van der Waals surface area (Å²) in [5.41, 5.74) is -0.148. The number of urea groups is 1. The summed E-state index contributed by atoms with van der Waals surface area (Å²) in [5, 5.41) is 2.54. The minimum Gasteiger partial charge on any atom is -0.452 e. The highest BCUT2D eigenvalue weighted by Crippen LogP contribution is 2.42. The van der Waals surface area contributed by atoms with Gasteiger partial charge in [-0.3, -0.25) is 14.5 Å². The molecule has 3 rings (SSSR count). The predicted molar refractivity (Wildman–Crippen MR) is 87.2 cm³/mol. The standard InChI is InChI=1S/C18H21FN2O4/c1-12(15(22)21-11-10-20-17(21)24)25-16(23)18(8-2-3-9-18)13-4-6-14(19)7-5-13/h4-7,12H,2-3,8-11H2,1H3,(H,20,24)/t12-/m0/s1. The van der Waals surface area contributed by atoms with Gasteiger partial charge in [0, 0.05) is 13.1 Å². The molecule has 134 valence electrons. The number of rotatable bonds is 4. The smallest absolute Gasteiger partial charge is 0.324 e. The number of nitrogens with one attached hydrogen (secondary N) is 1. The largest absolute Gasteiger partial charge is 0.452 e. The van der Waals surface area contributed by atoms with Crippen LogP contribution in [-0.4, -0.2) is 42.0 Å². The van der Waals surface area contributed by atoms with Crippen LogP contribution in [0.5, 0.6) is 0 Å².